The lowest BCUT2D eigenvalue weighted by Gasteiger charge is -2.10. The van der Waals surface area contributed by atoms with Crippen molar-refractivity contribution < 1.29 is 0 Å². The second-order valence-corrected chi connectivity index (χ2v) is 8.04. The number of benzene rings is 4. The molecule has 7 aromatic rings. The van der Waals surface area contributed by atoms with E-state index in [0.29, 0.717) is 0 Å². The molecule has 0 atom stereocenters. The number of hydrogen-bond donors (Lipinski definition) is 3. The summed E-state index contributed by atoms with van der Waals surface area (Å²) < 4.78 is 0. The van der Waals surface area contributed by atoms with Crippen LogP contribution in [0.4, 0.5) is 0 Å². The molecule has 0 fully saturated rings. The van der Waals surface area contributed by atoms with Crippen molar-refractivity contribution >= 4 is 33.1 Å². The Labute approximate surface area is 188 Å². The van der Waals surface area contributed by atoms with Crippen LogP contribution in [0.2, 0.25) is 0 Å². The molecule has 6 heteroatoms. The number of fused-ring (bicyclic) bond motifs is 3. The van der Waals surface area contributed by atoms with Gasteiger partial charge >= 0.3 is 0 Å². The molecule has 3 aromatic heterocycles. The minimum Gasteiger partial charge on any atom is -0.338 e. The van der Waals surface area contributed by atoms with Crippen LogP contribution >= 0.6 is 0 Å². The molecule has 0 spiro atoms. The summed E-state index contributed by atoms with van der Waals surface area (Å²) in [6, 6.07) is 30.4. The number of nitrogens with one attached hydrogen (secondary N) is 3. The highest BCUT2D eigenvalue weighted by molar-refractivity contribution is 5.94. The zero-order chi connectivity index (χ0) is 21.8. The fourth-order valence-electron chi connectivity index (χ4n) is 4.43. The Morgan fingerprint density at radius 2 is 0.788 bits per heavy atom. The van der Waals surface area contributed by atoms with Crippen LogP contribution in [-0.2, 0) is 0 Å². The number of para-hydroxylation sites is 6. The van der Waals surface area contributed by atoms with Crippen LogP contribution in [-0.4, -0.2) is 29.9 Å². The van der Waals surface area contributed by atoms with Crippen LogP contribution in [0.1, 0.15) is 0 Å². The molecule has 4 aromatic carbocycles. The Kier molecular flexibility index (Phi) is 3.75. The standard InChI is InChI=1S/C27H18N6/c1-2-11-19-18(10-1)28-25(29-19)16-8-7-9-17(26-30-20-12-3-4-13-21(20)31-26)24(16)27-32-22-14-5-6-15-23(22)33-27/h1-15H,(H,28,29)(H,30,31)(H,32,33). The predicted molar refractivity (Wildman–Crippen MR) is 132 cm³/mol. The molecule has 0 aliphatic heterocycles. The lowest BCUT2D eigenvalue weighted by Crippen LogP contribution is -1.94. The summed E-state index contributed by atoms with van der Waals surface area (Å²) in [7, 11) is 0. The summed E-state index contributed by atoms with van der Waals surface area (Å²) in [6.07, 6.45) is 0. The van der Waals surface area contributed by atoms with Gasteiger partial charge in [-0.2, -0.15) is 0 Å². The minimum atomic E-state index is 0.780. The Balaban J connectivity index is 1.54. The molecule has 0 amide bonds. The van der Waals surface area contributed by atoms with Crippen LogP contribution in [0.25, 0.3) is 67.3 Å². The monoisotopic (exact) mass is 426 g/mol. The third-order valence-electron chi connectivity index (χ3n) is 5.98. The first-order valence-corrected chi connectivity index (χ1v) is 10.8. The van der Waals surface area contributed by atoms with Gasteiger partial charge < -0.3 is 15.0 Å². The van der Waals surface area contributed by atoms with E-state index >= 15 is 0 Å². The fourth-order valence-corrected chi connectivity index (χ4v) is 4.43. The summed E-state index contributed by atoms with van der Waals surface area (Å²) in [5.74, 6) is 2.37. The summed E-state index contributed by atoms with van der Waals surface area (Å²) in [6.45, 7) is 0. The molecule has 0 aliphatic carbocycles. The van der Waals surface area contributed by atoms with Gasteiger partial charge in [-0.1, -0.05) is 54.6 Å². The fraction of sp³-hybridized carbons (Fsp3) is 0. The Bertz CT molecular complexity index is 1590. The van der Waals surface area contributed by atoms with Gasteiger partial charge in [0.25, 0.3) is 0 Å². The second-order valence-electron chi connectivity index (χ2n) is 8.04. The van der Waals surface area contributed by atoms with Gasteiger partial charge in [0.15, 0.2) is 0 Å². The highest BCUT2D eigenvalue weighted by Gasteiger charge is 2.21. The van der Waals surface area contributed by atoms with E-state index in [2.05, 4.69) is 27.1 Å². The molecule has 0 saturated heterocycles. The molecule has 156 valence electrons. The van der Waals surface area contributed by atoms with Crippen molar-refractivity contribution in [2.45, 2.75) is 0 Å². The first-order valence-electron chi connectivity index (χ1n) is 10.8. The average Bonchev–Trinajstić information content (AvgIpc) is 3.59. The molecular weight excluding hydrogens is 408 g/mol. The van der Waals surface area contributed by atoms with Gasteiger partial charge in [-0.25, -0.2) is 15.0 Å². The Morgan fingerprint density at radius 1 is 0.394 bits per heavy atom. The number of aromatic nitrogens is 6. The van der Waals surface area contributed by atoms with Crippen LogP contribution in [0.3, 0.4) is 0 Å². The van der Waals surface area contributed by atoms with E-state index in [0.717, 1.165) is 67.3 Å². The molecule has 3 N–H and O–H groups in total. The normalized spacial score (nSPS) is 11.6. The summed E-state index contributed by atoms with van der Waals surface area (Å²) in [5.41, 5.74) is 8.63. The second kappa shape index (κ2) is 6.90. The molecule has 3 heterocycles. The highest BCUT2D eigenvalue weighted by Crippen LogP contribution is 2.38. The number of nitrogens with zero attached hydrogens (tertiary/aromatic N) is 3. The van der Waals surface area contributed by atoms with Crippen molar-refractivity contribution in [3.05, 3.63) is 91.0 Å². The van der Waals surface area contributed by atoms with E-state index in [9.17, 15) is 0 Å². The van der Waals surface area contributed by atoms with E-state index in [-0.39, 0.29) is 0 Å². The quantitative estimate of drug-likeness (QED) is 0.309. The maximum Gasteiger partial charge on any atom is 0.139 e. The Morgan fingerprint density at radius 3 is 1.24 bits per heavy atom. The number of imidazole rings is 3. The smallest absolute Gasteiger partial charge is 0.139 e. The van der Waals surface area contributed by atoms with Gasteiger partial charge in [0, 0.05) is 16.7 Å². The molecule has 6 nitrogen and oxygen atoms in total. The van der Waals surface area contributed by atoms with E-state index < -0.39 is 0 Å². The maximum absolute atomic E-state index is 4.92. The maximum atomic E-state index is 4.92. The van der Waals surface area contributed by atoms with E-state index in [1.807, 2.05) is 78.9 Å². The largest absolute Gasteiger partial charge is 0.338 e. The van der Waals surface area contributed by atoms with Crippen LogP contribution in [0.5, 0.6) is 0 Å². The molecule has 33 heavy (non-hydrogen) atoms. The third kappa shape index (κ3) is 2.85. The van der Waals surface area contributed by atoms with Gasteiger partial charge in [0.1, 0.15) is 17.5 Å². The van der Waals surface area contributed by atoms with Crippen LogP contribution < -0.4 is 0 Å². The average molecular weight is 426 g/mol. The zero-order valence-electron chi connectivity index (χ0n) is 17.5. The molecule has 0 aliphatic rings. The molecule has 0 radical (unpaired) electrons. The van der Waals surface area contributed by atoms with E-state index in [1.165, 1.54) is 0 Å². The number of hydrogen-bond acceptors (Lipinski definition) is 3. The van der Waals surface area contributed by atoms with Crippen molar-refractivity contribution in [2.24, 2.45) is 0 Å². The number of H-pyrrole nitrogens is 3. The molecule has 0 saturated carbocycles. The van der Waals surface area contributed by atoms with Crippen LogP contribution in [0.15, 0.2) is 91.0 Å². The Hall–Kier alpha value is -4.71. The zero-order valence-corrected chi connectivity index (χ0v) is 17.5. The molecular formula is C27H18N6. The van der Waals surface area contributed by atoms with Gasteiger partial charge in [-0.15, -0.1) is 0 Å². The summed E-state index contributed by atoms with van der Waals surface area (Å²) >= 11 is 0. The lowest BCUT2D eigenvalue weighted by molar-refractivity contribution is 1.28. The first kappa shape index (κ1) is 17.9. The summed E-state index contributed by atoms with van der Waals surface area (Å²) in [4.78, 5) is 25.1. The van der Waals surface area contributed by atoms with Gasteiger partial charge in [-0.05, 0) is 36.4 Å². The van der Waals surface area contributed by atoms with Crippen molar-refractivity contribution in [2.75, 3.05) is 0 Å². The van der Waals surface area contributed by atoms with Gasteiger partial charge in [0.2, 0.25) is 0 Å². The third-order valence-corrected chi connectivity index (χ3v) is 5.98. The van der Waals surface area contributed by atoms with Gasteiger partial charge in [0.05, 0.1) is 33.1 Å². The predicted octanol–water partition coefficient (Wildman–Crippen LogP) is 6.32. The van der Waals surface area contributed by atoms with Crippen molar-refractivity contribution in [1.82, 2.24) is 29.9 Å². The lowest BCUT2D eigenvalue weighted by atomic mass is 9.99. The highest BCUT2D eigenvalue weighted by atomic mass is 15.0. The number of aromatic amines is 3. The van der Waals surface area contributed by atoms with Crippen molar-refractivity contribution in [3.63, 3.8) is 0 Å². The van der Waals surface area contributed by atoms with Crippen molar-refractivity contribution in [3.8, 4) is 34.2 Å². The molecule has 7 rings (SSSR count). The molecule has 0 bridgehead atoms. The topological polar surface area (TPSA) is 86.0 Å². The first-order chi connectivity index (χ1) is 16.3. The SMILES string of the molecule is c1cc(-c2nc3ccccc3[nH]2)c(-c2nc3ccccc3[nH]2)c(-c2nc3ccccc3[nH]2)c1. The van der Waals surface area contributed by atoms with Crippen molar-refractivity contribution in [1.29, 1.82) is 0 Å². The van der Waals surface area contributed by atoms with Crippen LogP contribution in [0, 0.1) is 0 Å². The molecule has 0 unspecified atom stereocenters. The summed E-state index contributed by atoms with van der Waals surface area (Å²) in [5, 5.41) is 0. The minimum absolute atomic E-state index is 0.780. The van der Waals surface area contributed by atoms with Gasteiger partial charge in [-0.3, -0.25) is 0 Å². The van der Waals surface area contributed by atoms with E-state index in [4.69, 9.17) is 15.0 Å². The van der Waals surface area contributed by atoms with E-state index in [1.54, 1.807) is 0 Å². The number of rotatable bonds is 3.